The molecule has 2 aromatic rings. The van der Waals surface area contributed by atoms with Crippen LogP contribution in [0.4, 0.5) is 11.8 Å². The summed E-state index contributed by atoms with van der Waals surface area (Å²) >= 11 is 1.68. The average Bonchev–Trinajstić information content (AvgIpc) is 2.40. The lowest BCUT2D eigenvalue weighted by molar-refractivity contribution is 0.468. The third-order valence-corrected chi connectivity index (χ3v) is 3.97. The van der Waals surface area contributed by atoms with Crippen LogP contribution in [0, 0.1) is 0 Å². The van der Waals surface area contributed by atoms with Gasteiger partial charge in [-0.2, -0.15) is 4.98 Å². The van der Waals surface area contributed by atoms with Gasteiger partial charge >= 0.3 is 0 Å². The summed E-state index contributed by atoms with van der Waals surface area (Å²) in [5.74, 6) is 1.70. The largest absolute Gasteiger partial charge is 0.451 e. The van der Waals surface area contributed by atoms with Crippen molar-refractivity contribution < 1.29 is 4.74 Å². The summed E-state index contributed by atoms with van der Waals surface area (Å²) in [5, 5.41) is 0.895. The van der Waals surface area contributed by atoms with Crippen LogP contribution in [0.25, 0.3) is 0 Å². The van der Waals surface area contributed by atoms with Gasteiger partial charge in [-0.1, -0.05) is 34.6 Å². The summed E-state index contributed by atoms with van der Waals surface area (Å²) in [6.45, 7) is 10.6. The van der Waals surface area contributed by atoms with Gasteiger partial charge in [-0.05, 0) is 5.92 Å². The van der Waals surface area contributed by atoms with Gasteiger partial charge in [0.15, 0.2) is 11.6 Å². The monoisotopic (exact) mass is 333 g/mol. The fourth-order valence-corrected chi connectivity index (χ4v) is 2.82. The van der Waals surface area contributed by atoms with Gasteiger partial charge in [0.1, 0.15) is 10.8 Å². The predicted molar refractivity (Wildman–Crippen MR) is 94.9 cm³/mol. The first-order valence-corrected chi connectivity index (χ1v) is 8.22. The van der Waals surface area contributed by atoms with Gasteiger partial charge in [0.05, 0.1) is 6.20 Å². The zero-order valence-corrected chi connectivity index (χ0v) is 14.9. The maximum absolute atomic E-state index is 5.95. The number of hydrogen-bond acceptors (Lipinski definition) is 7. The van der Waals surface area contributed by atoms with Crippen molar-refractivity contribution in [3.05, 3.63) is 24.0 Å². The molecular formula is C16H23N5OS. The Balaban J connectivity index is 2.39. The van der Waals surface area contributed by atoms with Crippen molar-refractivity contribution in [2.75, 3.05) is 11.5 Å². The predicted octanol–water partition coefficient (Wildman–Crippen LogP) is 3.84. The van der Waals surface area contributed by atoms with Crippen molar-refractivity contribution in [1.29, 1.82) is 0 Å². The summed E-state index contributed by atoms with van der Waals surface area (Å²) in [7, 11) is 0. The third kappa shape index (κ3) is 4.72. The third-order valence-electron chi connectivity index (χ3n) is 2.92. The van der Waals surface area contributed by atoms with E-state index in [1.165, 1.54) is 6.20 Å². The Morgan fingerprint density at radius 1 is 1.09 bits per heavy atom. The lowest BCUT2D eigenvalue weighted by Crippen LogP contribution is -2.08. The Bertz CT molecular complexity index is 697. The van der Waals surface area contributed by atoms with Crippen molar-refractivity contribution in [2.45, 2.75) is 50.3 Å². The molecule has 0 amide bonds. The minimum Gasteiger partial charge on any atom is -0.451 e. The molecule has 2 heterocycles. The Hall–Kier alpha value is -2.02. The molecule has 0 saturated carbocycles. The molecule has 0 aliphatic heterocycles. The molecule has 124 valence electrons. The van der Waals surface area contributed by atoms with Crippen molar-refractivity contribution in [1.82, 2.24) is 15.0 Å². The number of anilines is 2. The first-order chi connectivity index (χ1) is 10.7. The molecule has 0 atom stereocenters. The minimum absolute atomic E-state index is 0.0625. The molecule has 0 unspecified atom stereocenters. The maximum Gasteiger partial charge on any atom is 0.222 e. The fourth-order valence-electron chi connectivity index (χ4n) is 1.92. The number of hydrogen-bond donors (Lipinski definition) is 2. The fraction of sp³-hybridized carbons (Fsp3) is 0.438. The van der Waals surface area contributed by atoms with E-state index in [2.05, 4.69) is 49.6 Å². The average molecular weight is 333 g/mol. The highest BCUT2D eigenvalue weighted by molar-refractivity contribution is 8.00. The molecule has 0 aliphatic carbocycles. The van der Waals surface area contributed by atoms with Crippen molar-refractivity contribution in [3.63, 3.8) is 0 Å². The summed E-state index contributed by atoms with van der Waals surface area (Å²) in [6, 6.07) is 1.93. The topological polar surface area (TPSA) is 99.9 Å². The molecule has 2 rings (SSSR count). The van der Waals surface area contributed by atoms with E-state index in [9.17, 15) is 0 Å². The van der Waals surface area contributed by atoms with Crippen LogP contribution in [0.3, 0.4) is 0 Å². The SMILES string of the molecule is CC(C)c1cnc(SC(C)(C)C)cc1Oc1cnc(N)nc1N. The molecule has 0 spiro atoms. The van der Waals surface area contributed by atoms with Crippen LogP contribution in [0.15, 0.2) is 23.5 Å². The molecule has 0 fully saturated rings. The number of nitrogens with zero attached hydrogens (tertiary/aromatic N) is 3. The maximum atomic E-state index is 5.95. The molecule has 6 nitrogen and oxygen atoms in total. The highest BCUT2D eigenvalue weighted by atomic mass is 32.2. The number of pyridine rings is 1. The van der Waals surface area contributed by atoms with Crippen LogP contribution >= 0.6 is 11.8 Å². The second-order valence-electron chi connectivity index (χ2n) is 6.51. The van der Waals surface area contributed by atoms with Crippen LogP contribution < -0.4 is 16.2 Å². The Kier molecular flexibility index (Phi) is 4.99. The number of rotatable bonds is 4. The van der Waals surface area contributed by atoms with E-state index in [4.69, 9.17) is 16.2 Å². The van der Waals surface area contributed by atoms with Gasteiger partial charge in [0.2, 0.25) is 5.95 Å². The molecule has 0 bridgehead atoms. The Morgan fingerprint density at radius 2 is 1.78 bits per heavy atom. The normalized spacial score (nSPS) is 11.7. The molecule has 2 aromatic heterocycles. The van der Waals surface area contributed by atoms with Crippen LogP contribution in [0.1, 0.15) is 46.1 Å². The number of nitrogens with two attached hydrogens (primary N) is 2. The summed E-state index contributed by atoms with van der Waals surface area (Å²) in [4.78, 5) is 12.4. The molecule has 23 heavy (non-hydrogen) atoms. The first-order valence-electron chi connectivity index (χ1n) is 7.40. The molecular weight excluding hydrogens is 310 g/mol. The first kappa shape index (κ1) is 17.3. The lowest BCUT2D eigenvalue weighted by Gasteiger charge is -2.19. The summed E-state index contributed by atoms with van der Waals surface area (Å²) in [5.41, 5.74) is 12.4. The molecule has 0 aromatic carbocycles. The van der Waals surface area contributed by atoms with Gasteiger partial charge in [-0.15, -0.1) is 11.8 Å². The number of aromatic nitrogens is 3. The summed E-state index contributed by atoms with van der Waals surface area (Å²) < 4.78 is 6.02. The molecule has 7 heteroatoms. The molecule has 0 radical (unpaired) electrons. The standard InChI is InChI=1S/C16H23N5OS/c1-9(2)10-7-19-13(23-16(3,4)5)6-11(10)22-12-8-20-15(18)21-14(12)17/h6-9H,1-5H3,(H4,17,18,20,21). The van der Waals surface area contributed by atoms with E-state index in [0.717, 1.165) is 10.6 Å². The second kappa shape index (κ2) is 6.62. The molecule has 4 N–H and O–H groups in total. The number of ether oxygens (including phenoxy) is 1. The van der Waals surface area contributed by atoms with Crippen LogP contribution in [-0.2, 0) is 0 Å². The van der Waals surface area contributed by atoms with Crippen LogP contribution in [0.2, 0.25) is 0 Å². The highest BCUT2D eigenvalue weighted by Gasteiger charge is 2.17. The lowest BCUT2D eigenvalue weighted by atomic mass is 10.1. The van der Waals surface area contributed by atoms with E-state index in [1.54, 1.807) is 11.8 Å². The Labute approximate surface area is 141 Å². The molecule has 0 saturated heterocycles. The Morgan fingerprint density at radius 3 is 2.35 bits per heavy atom. The van der Waals surface area contributed by atoms with Crippen LogP contribution in [-0.4, -0.2) is 19.7 Å². The zero-order valence-electron chi connectivity index (χ0n) is 14.1. The van der Waals surface area contributed by atoms with Gasteiger partial charge in [-0.25, -0.2) is 9.97 Å². The quantitative estimate of drug-likeness (QED) is 0.820. The smallest absolute Gasteiger partial charge is 0.222 e. The highest BCUT2D eigenvalue weighted by Crippen LogP contribution is 2.37. The van der Waals surface area contributed by atoms with E-state index in [0.29, 0.717) is 11.5 Å². The number of thioether (sulfide) groups is 1. The summed E-state index contributed by atoms with van der Waals surface area (Å²) in [6.07, 6.45) is 3.33. The second-order valence-corrected chi connectivity index (χ2v) is 8.36. The van der Waals surface area contributed by atoms with Gasteiger partial charge in [-0.3, -0.25) is 0 Å². The van der Waals surface area contributed by atoms with E-state index < -0.39 is 0 Å². The van der Waals surface area contributed by atoms with E-state index in [-0.39, 0.29) is 22.4 Å². The zero-order chi connectivity index (χ0) is 17.2. The van der Waals surface area contributed by atoms with Gasteiger partial charge in [0, 0.05) is 22.6 Å². The van der Waals surface area contributed by atoms with Crippen LogP contribution in [0.5, 0.6) is 11.5 Å². The van der Waals surface area contributed by atoms with Crippen molar-refractivity contribution in [3.8, 4) is 11.5 Å². The minimum atomic E-state index is 0.0625. The van der Waals surface area contributed by atoms with Crippen molar-refractivity contribution in [2.24, 2.45) is 0 Å². The van der Waals surface area contributed by atoms with Gasteiger partial charge in [0.25, 0.3) is 0 Å². The number of nitrogen functional groups attached to an aromatic ring is 2. The van der Waals surface area contributed by atoms with Crippen molar-refractivity contribution >= 4 is 23.5 Å². The van der Waals surface area contributed by atoms with Gasteiger partial charge < -0.3 is 16.2 Å². The van der Waals surface area contributed by atoms with E-state index >= 15 is 0 Å². The molecule has 0 aliphatic rings. The van der Waals surface area contributed by atoms with E-state index in [1.807, 2.05) is 12.3 Å².